The van der Waals surface area contributed by atoms with E-state index in [1.165, 1.54) is 23.5 Å². The van der Waals surface area contributed by atoms with Crippen LogP contribution in [0.2, 0.25) is 0 Å². The fourth-order valence-electron chi connectivity index (χ4n) is 3.22. The molecule has 0 aliphatic carbocycles. The Bertz CT molecular complexity index is 901. The minimum absolute atomic E-state index is 0.640. The molecule has 28 heavy (non-hydrogen) atoms. The maximum Gasteiger partial charge on any atom is 0.416 e. The summed E-state index contributed by atoms with van der Waals surface area (Å²) in [6.45, 7) is 4.40. The van der Waals surface area contributed by atoms with Gasteiger partial charge in [-0.1, -0.05) is 18.2 Å². The minimum atomic E-state index is -4.32. The molecule has 1 saturated heterocycles. The lowest BCUT2D eigenvalue weighted by Gasteiger charge is -2.35. The van der Waals surface area contributed by atoms with Crippen molar-refractivity contribution >= 4 is 17.2 Å². The van der Waals surface area contributed by atoms with Crippen LogP contribution in [0.25, 0.3) is 10.6 Å². The molecule has 1 aliphatic rings. The summed E-state index contributed by atoms with van der Waals surface area (Å²) in [7, 11) is 0. The Morgan fingerprint density at radius 2 is 1.71 bits per heavy atom. The molecule has 1 aliphatic heterocycles. The van der Waals surface area contributed by atoms with Gasteiger partial charge in [0.25, 0.3) is 0 Å². The van der Waals surface area contributed by atoms with Crippen LogP contribution in [-0.4, -0.2) is 41.0 Å². The minimum Gasteiger partial charge on any atom is -0.354 e. The Kier molecular flexibility index (Phi) is 5.32. The molecule has 0 spiro atoms. The molecule has 0 N–H and O–H groups in total. The highest BCUT2D eigenvalue weighted by Crippen LogP contribution is 2.32. The third-order valence-electron chi connectivity index (χ3n) is 4.74. The van der Waals surface area contributed by atoms with E-state index in [4.69, 9.17) is 0 Å². The fourth-order valence-corrected chi connectivity index (χ4v) is 4.04. The number of hydrogen-bond acceptors (Lipinski definition) is 5. The van der Waals surface area contributed by atoms with Crippen molar-refractivity contribution in [3.05, 3.63) is 65.3 Å². The number of alkyl halides is 3. The number of rotatable bonds is 4. The van der Waals surface area contributed by atoms with Crippen LogP contribution < -0.4 is 4.90 Å². The number of hydrogen-bond donors (Lipinski definition) is 0. The molecule has 146 valence electrons. The van der Waals surface area contributed by atoms with Crippen molar-refractivity contribution in [3.8, 4) is 10.6 Å². The van der Waals surface area contributed by atoms with Crippen LogP contribution >= 0.6 is 11.3 Å². The summed E-state index contributed by atoms with van der Waals surface area (Å²) in [6.07, 6.45) is -2.51. The average molecular weight is 404 g/mol. The molecule has 0 bridgehead atoms. The molecule has 3 aromatic rings. The zero-order valence-corrected chi connectivity index (χ0v) is 15.9. The second kappa shape index (κ2) is 7.89. The number of aromatic nitrogens is 2. The van der Waals surface area contributed by atoms with E-state index in [1.54, 1.807) is 6.20 Å². The number of anilines is 1. The van der Waals surface area contributed by atoms with Crippen molar-refractivity contribution in [2.24, 2.45) is 0 Å². The molecule has 0 saturated carbocycles. The van der Waals surface area contributed by atoms with E-state index >= 15 is 0 Å². The van der Waals surface area contributed by atoms with Gasteiger partial charge in [0, 0.05) is 49.9 Å². The Morgan fingerprint density at radius 1 is 0.964 bits per heavy atom. The number of piperazine rings is 1. The first-order chi connectivity index (χ1) is 13.5. The van der Waals surface area contributed by atoms with Gasteiger partial charge >= 0.3 is 6.18 Å². The SMILES string of the molecule is FC(F)(F)c1ccc(-c2nc(CN3CCN(c4ccccn4)CC3)cs2)cc1. The molecule has 4 rings (SSSR count). The Labute approximate surface area is 165 Å². The van der Waals surface area contributed by atoms with Gasteiger partial charge in [-0.2, -0.15) is 13.2 Å². The van der Waals surface area contributed by atoms with Crippen LogP contribution in [0, 0.1) is 0 Å². The molecule has 2 aromatic heterocycles. The van der Waals surface area contributed by atoms with Crippen LogP contribution in [0.4, 0.5) is 19.0 Å². The van der Waals surface area contributed by atoms with Crippen LogP contribution in [0.5, 0.6) is 0 Å². The van der Waals surface area contributed by atoms with Crippen LogP contribution in [-0.2, 0) is 12.7 Å². The molecule has 1 aromatic carbocycles. The predicted octanol–water partition coefficient (Wildman–Crippen LogP) is 4.55. The summed E-state index contributed by atoms with van der Waals surface area (Å²) in [4.78, 5) is 13.6. The molecule has 1 fully saturated rings. The maximum absolute atomic E-state index is 12.7. The van der Waals surface area contributed by atoms with Crippen molar-refractivity contribution in [3.63, 3.8) is 0 Å². The Morgan fingerprint density at radius 3 is 2.36 bits per heavy atom. The lowest BCUT2D eigenvalue weighted by atomic mass is 10.1. The molecular weight excluding hydrogens is 385 g/mol. The fraction of sp³-hybridized carbons (Fsp3) is 0.300. The maximum atomic E-state index is 12.7. The van der Waals surface area contributed by atoms with Crippen molar-refractivity contribution < 1.29 is 13.2 Å². The number of nitrogens with zero attached hydrogens (tertiary/aromatic N) is 4. The van der Waals surface area contributed by atoms with Gasteiger partial charge in [-0.15, -0.1) is 11.3 Å². The molecule has 0 atom stereocenters. The second-order valence-corrected chi connectivity index (χ2v) is 7.53. The molecule has 8 heteroatoms. The average Bonchev–Trinajstić information content (AvgIpc) is 3.17. The second-order valence-electron chi connectivity index (χ2n) is 6.67. The summed E-state index contributed by atoms with van der Waals surface area (Å²) >= 11 is 1.46. The number of benzene rings is 1. The quantitative estimate of drug-likeness (QED) is 0.639. The van der Waals surface area contributed by atoms with Crippen LogP contribution in [0.3, 0.4) is 0 Å². The largest absolute Gasteiger partial charge is 0.416 e. The first-order valence-corrected chi connectivity index (χ1v) is 9.87. The highest BCUT2D eigenvalue weighted by Gasteiger charge is 2.30. The van der Waals surface area contributed by atoms with Gasteiger partial charge in [0.2, 0.25) is 0 Å². The van der Waals surface area contributed by atoms with Crippen LogP contribution in [0.15, 0.2) is 54.0 Å². The summed E-state index contributed by atoms with van der Waals surface area (Å²) in [5.74, 6) is 1.00. The summed E-state index contributed by atoms with van der Waals surface area (Å²) < 4.78 is 38.1. The lowest BCUT2D eigenvalue weighted by molar-refractivity contribution is -0.137. The number of pyridine rings is 1. The van der Waals surface area contributed by atoms with Crippen molar-refractivity contribution in [2.75, 3.05) is 31.1 Å². The molecule has 0 unspecified atom stereocenters. The van der Waals surface area contributed by atoms with E-state index in [0.29, 0.717) is 5.56 Å². The summed E-state index contributed by atoms with van der Waals surface area (Å²) in [6, 6.07) is 11.1. The molecular formula is C20H19F3N4S. The first-order valence-electron chi connectivity index (χ1n) is 8.99. The summed E-state index contributed by atoms with van der Waals surface area (Å²) in [5.41, 5.74) is 1.02. The van der Waals surface area contributed by atoms with Gasteiger partial charge in [-0.3, -0.25) is 4.90 Å². The smallest absolute Gasteiger partial charge is 0.354 e. The van der Waals surface area contributed by atoms with Gasteiger partial charge in [-0.25, -0.2) is 9.97 Å². The van der Waals surface area contributed by atoms with Gasteiger partial charge < -0.3 is 4.90 Å². The highest BCUT2D eigenvalue weighted by molar-refractivity contribution is 7.13. The van der Waals surface area contributed by atoms with Gasteiger partial charge in [0.05, 0.1) is 11.3 Å². The van der Waals surface area contributed by atoms with Gasteiger partial charge in [-0.05, 0) is 24.3 Å². The van der Waals surface area contributed by atoms with E-state index < -0.39 is 11.7 Å². The van der Waals surface area contributed by atoms with Gasteiger partial charge in [0.15, 0.2) is 0 Å². The monoisotopic (exact) mass is 404 g/mol. The van der Waals surface area contributed by atoms with Crippen molar-refractivity contribution in [1.82, 2.24) is 14.9 Å². The molecule has 0 amide bonds. The summed E-state index contributed by atoms with van der Waals surface area (Å²) in [5, 5.41) is 2.73. The molecule has 3 heterocycles. The zero-order valence-electron chi connectivity index (χ0n) is 15.1. The van der Waals surface area contributed by atoms with E-state index in [9.17, 15) is 13.2 Å². The zero-order chi connectivity index (χ0) is 19.6. The normalized spacial score (nSPS) is 15.8. The van der Waals surface area contributed by atoms with Crippen molar-refractivity contribution in [2.45, 2.75) is 12.7 Å². The third kappa shape index (κ3) is 4.34. The Balaban J connectivity index is 1.35. The van der Waals surface area contributed by atoms with E-state index in [-0.39, 0.29) is 0 Å². The number of halogens is 3. The highest BCUT2D eigenvalue weighted by atomic mass is 32.1. The van der Waals surface area contributed by atoms with E-state index in [2.05, 4.69) is 19.8 Å². The van der Waals surface area contributed by atoms with Crippen molar-refractivity contribution in [1.29, 1.82) is 0 Å². The van der Waals surface area contributed by atoms with E-state index in [1.807, 2.05) is 23.6 Å². The predicted molar refractivity (Wildman–Crippen MR) is 104 cm³/mol. The first kappa shape index (κ1) is 18.9. The molecule has 4 nitrogen and oxygen atoms in total. The third-order valence-corrected chi connectivity index (χ3v) is 5.68. The van der Waals surface area contributed by atoms with Crippen LogP contribution in [0.1, 0.15) is 11.3 Å². The van der Waals surface area contributed by atoms with E-state index in [0.717, 1.165) is 61.4 Å². The molecule has 0 radical (unpaired) electrons. The topological polar surface area (TPSA) is 32.3 Å². The Hall–Kier alpha value is -2.45. The number of thiazole rings is 1. The van der Waals surface area contributed by atoms with Gasteiger partial charge in [0.1, 0.15) is 10.8 Å². The standard InChI is InChI=1S/C20H19F3N4S/c21-20(22,23)16-6-4-15(5-7-16)19-25-17(14-28-19)13-26-9-11-27(12-10-26)18-3-1-2-8-24-18/h1-8,14H,9-13H2. The lowest BCUT2D eigenvalue weighted by Crippen LogP contribution is -2.46.